The lowest BCUT2D eigenvalue weighted by Gasteiger charge is -2.21. The molecule has 1 aromatic carbocycles. The molecule has 2 aliphatic heterocycles. The van der Waals surface area contributed by atoms with Gasteiger partial charge < -0.3 is 20.4 Å². The molecule has 2 saturated heterocycles. The largest absolute Gasteiger partial charge is 0.369 e. The molecule has 0 amide bonds. The van der Waals surface area contributed by atoms with Crippen molar-refractivity contribution in [1.82, 2.24) is 15.5 Å². The molecule has 5 nitrogen and oxygen atoms in total. The third kappa shape index (κ3) is 6.68. The van der Waals surface area contributed by atoms with Gasteiger partial charge in [-0.2, -0.15) is 0 Å². The number of rotatable bonds is 6. The van der Waals surface area contributed by atoms with Gasteiger partial charge in [-0.05, 0) is 56.5 Å². The third-order valence-electron chi connectivity index (χ3n) is 5.39. The number of likely N-dealkylation sites (tertiary alicyclic amines) is 1. The molecular formula is C20H33ClIN5. The number of nitrogens with zero attached hydrogens (tertiary/aromatic N) is 3. The van der Waals surface area contributed by atoms with Crippen LogP contribution in [0.2, 0.25) is 5.02 Å². The van der Waals surface area contributed by atoms with Gasteiger partial charge in [0.25, 0.3) is 0 Å². The number of halogens is 2. The molecule has 0 spiro atoms. The van der Waals surface area contributed by atoms with Crippen LogP contribution in [-0.4, -0.2) is 63.2 Å². The zero-order valence-corrected chi connectivity index (χ0v) is 19.5. The lowest BCUT2D eigenvalue weighted by Crippen LogP contribution is -2.46. The standard InChI is InChI=1S/C20H32ClN5.HI/c1-3-9-25-10-7-16(14-25)13-23-20(22-2)24-18-8-11-26(15-18)19-6-4-5-17(21)12-19;/h4-6,12,16,18H,3,7-11,13-15H2,1-2H3,(H2,22,23,24);1H. The van der Waals surface area contributed by atoms with Gasteiger partial charge in [-0.1, -0.05) is 24.6 Å². The van der Waals surface area contributed by atoms with Crippen molar-refractivity contribution >= 4 is 47.2 Å². The Hall–Kier alpha value is -0.730. The van der Waals surface area contributed by atoms with Crippen LogP contribution in [0.15, 0.2) is 29.3 Å². The van der Waals surface area contributed by atoms with Crippen LogP contribution in [0.5, 0.6) is 0 Å². The van der Waals surface area contributed by atoms with E-state index in [0.717, 1.165) is 43.0 Å². The molecule has 2 heterocycles. The van der Waals surface area contributed by atoms with Crippen molar-refractivity contribution in [2.45, 2.75) is 32.2 Å². The van der Waals surface area contributed by atoms with E-state index in [9.17, 15) is 0 Å². The Balaban J connectivity index is 0.00000261. The van der Waals surface area contributed by atoms with Crippen molar-refractivity contribution in [2.75, 3.05) is 51.2 Å². The molecule has 2 unspecified atom stereocenters. The highest BCUT2D eigenvalue weighted by Gasteiger charge is 2.25. The van der Waals surface area contributed by atoms with E-state index in [1.165, 1.54) is 38.2 Å². The van der Waals surface area contributed by atoms with Gasteiger partial charge in [-0.15, -0.1) is 24.0 Å². The molecule has 0 saturated carbocycles. The number of aliphatic imine (C=N–C) groups is 1. The number of hydrogen-bond acceptors (Lipinski definition) is 3. The Labute approximate surface area is 185 Å². The van der Waals surface area contributed by atoms with E-state index < -0.39 is 0 Å². The first-order chi connectivity index (χ1) is 12.7. The van der Waals surface area contributed by atoms with Crippen molar-refractivity contribution < 1.29 is 0 Å². The maximum atomic E-state index is 6.13. The molecular weight excluding hydrogens is 473 g/mol. The van der Waals surface area contributed by atoms with Crippen LogP contribution >= 0.6 is 35.6 Å². The number of hydrogen-bond donors (Lipinski definition) is 2. The first-order valence-electron chi connectivity index (χ1n) is 9.88. The highest BCUT2D eigenvalue weighted by atomic mass is 127. The molecule has 152 valence electrons. The third-order valence-corrected chi connectivity index (χ3v) is 5.63. The minimum atomic E-state index is 0. The predicted molar refractivity (Wildman–Crippen MR) is 127 cm³/mol. The van der Waals surface area contributed by atoms with Crippen molar-refractivity contribution in [3.63, 3.8) is 0 Å². The SMILES string of the molecule is CCCN1CCC(CNC(=NC)NC2CCN(c3cccc(Cl)c3)C2)C1.I. The summed E-state index contributed by atoms with van der Waals surface area (Å²) in [7, 11) is 1.86. The summed E-state index contributed by atoms with van der Waals surface area (Å²) in [4.78, 5) is 9.38. The number of guanidine groups is 1. The summed E-state index contributed by atoms with van der Waals surface area (Å²) in [5.74, 6) is 1.66. The van der Waals surface area contributed by atoms with Crippen molar-refractivity contribution in [2.24, 2.45) is 10.9 Å². The van der Waals surface area contributed by atoms with Crippen LogP contribution < -0.4 is 15.5 Å². The summed E-state index contributed by atoms with van der Waals surface area (Å²) in [6.45, 7) is 8.97. The zero-order valence-electron chi connectivity index (χ0n) is 16.5. The molecule has 7 heteroatoms. The average Bonchev–Trinajstić information content (AvgIpc) is 3.28. The van der Waals surface area contributed by atoms with Gasteiger partial charge in [0.2, 0.25) is 0 Å². The van der Waals surface area contributed by atoms with E-state index in [-0.39, 0.29) is 24.0 Å². The Bertz CT molecular complexity index is 612. The van der Waals surface area contributed by atoms with Crippen LogP contribution in [0.4, 0.5) is 5.69 Å². The lowest BCUT2D eigenvalue weighted by atomic mass is 10.1. The minimum absolute atomic E-state index is 0. The van der Waals surface area contributed by atoms with Gasteiger partial charge in [0.15, 0.2) is 5.96 Å². The molecule has 2 aliphatic rings. The lowest BCUT2D eigenvalue weighted by molar-refractivity contribution is 0.324. The first-order valence-corrected chi connectivity index (χ1v) is 10.3. The second-order valence-corrected chi connectivity index (χ2v) is 7.90. The number of anilines is 1. The fourth-order valence-corrected chi connectivity index (χ4v) is 4.20. The molecule has 1 aromatic rings. The topological polar surface area (TPSA) is 42.9 Å². The summed E-state index contributed by atoms with van der Waals surface area (Å²) >= 11 is 6.13. The van der Waals surface area contributed by atoms with E-state index in [2.05, 4.69) is 38.4 Å². The van der Waals surface area contributed by atoms with Crippen LogP contribution in [0.1, 0.15) is 26.2 Å². The average molecular weight is 506 g/mol. The summed E-state index contributed by atoms with van der Waals surface area (Å²) < 4.78 is 0. The molecule has 2 N–H and O–H groups in total. The van der Waals surface area contributed by atoms with Crippen LogP contribution in [0, 0.1) is 5.92 Å². The van der Waals surface area contributed by atoms with E-state index in [1.807, 2.05) is 25.2 Å². The molecule has 27 heavy (non-hydrogen) atoms. The Morgan fingerprint density at radius 2 is 2.11 bits per heavy atom. The normalized spacial score (nSPS) is 23.4. The highest BCUT2D eigenvalue weighted by Crippen LogP contribution is 2.23. The van der Waals surface area contributed by atoms with Gasteiger partial charge in [0.1, 0.15) is 0 Å². The van der Waals surface area contributed by atoms with Gasteiger partial charge in [0, 0.05) is 50.0 Å². The molecule has 0 bridgehead atoms. The molecule has 3 rings (SSSR count). The Morgan fingerprint density at radius 1 is 1.26 bits per heavy atom. The van der Waals surface area contributed by atoms with Gasteiger partial charge in [-0.3, -0.25) is 4.99 Å². The maximum Gasteiger partial charge on any atom is 0.191 e. The fourth-order valence-electron chi connectivity index (χ4n) is 4.01. The zero-order chi connectivity index (χ0) is 18.4. The van der Waals surface area contributed by atoms with Crippen LogP contribution in [0.3, 0.4) is 0 Å². The van der Waals surface area contributed by atoms with E-state index in [1.54, 1.807) is 0 Å². The van der Waals surface area contributed by atoms with Crippen LogP contribution in [-0.2, 0) is 0 Å². The summed E-state index contributed by atoms with van der Waals surface area (Å²) in [6.07, 6.45) is 3.64. The van der Waals surface area contributed by atoms with E-state index in [0.29, 0.717) is 6.04 Å². The first kappa shape index (κ1) is 22.6. The highest BCUT2D eigenvalue weighted by molar-refractivity contribution is 14.0. The minimum Gasteiger partial charge on any atom is -0.369 e. The Morgan fingerprint density at radius 3 is 2.85 bits per heavy atom. The van der Waals surface area contributed by atoms with Gasteiger partial charge in [-0.25, -0.2) is 0 Å². The molecule has 0 aromatic heterocycles. The maximum absolute atomic E-state index is 6.13. The quantitative estimate of drug-likeness (QED) is 0.353. The fraction of sp³-hybridized carbons (Fsp3) is 0.650. The van der Waals surface area contributed by atoms with Crippen molar-refractivity contribution in [3.8, 4) is 0 Å². The van der Waals surface area contributed by atoms with Crippen molar-refractivity contribution in [1.29, 1.82) is 0 Å². The smallest absolute Gasteiger partial charge is 0.191 e. The summed E-state index contributed by atoms with van der Waals surface area (Å²) in [5.41, 5.74) is 1.20. The van der Waals surface area contributed by atoms with E-state index in [4.69, 9.17) is 11.6 Å². The monoisotopic (exact) mass is 505 g/mol. The van der Waals surface area contributed by atoms with Gasteiger partial charge >= 0.3 is 0 Å². The second kappa shape index (κ2) is 11.3. The van der Waals surface area contributed by atoms with Gasteiger partial charge in [0.05, 0.1) is 0 Å². The predicted octanol–water partition coefficient (Wildman–Crippen LogP) is 3.43. The Kier molecular flexibility index (Phi) is 9.45. The molecule has 0 radical (unpaired) electrons. The number of benzene rings is 1. The summed E-state index contributed by atoms with van der Waals surface area (Å²) in [6, 6.07) is 8.53. The van der Waals surface area contributed by atoms with Crippen LogP contribution in [0.25, 0.3) is 0 Å². The van der Waals surface area contributed by atoms with E-state index >= 15 is 0 Å². The van der Waals surface area contributed by atoms with Crippen molar-refractivity contribution in [3.05, 3.63) is 29.3 Å². The summed E-state index contributed by atoms with van der Waals surface area (Å²) in [5, 5.41) is 7.92. The molecule has 2 fully saturated rings. The molecule has 0 aliphatic carbocycles. The second-order valence-electron chi connectivity index (χ2n) is 7.46. The number of nitrogens with one attached hydrogen (secondary N) is 2. The molecule has 2 atom stereocenters.